The van der Waals surface area contributed by atoms with Crippen molar-refractivity contribution < 1.29 is 14.3 Å². The quantitative estimate of drug-likeness (QED) is 0.740. The molecule has 0 aliphatic rings. The van der Waals surface area contributed by atoms with Crippen molar-refractivity contribution in [1.82, 2.24) is 15.5 Å². The molecule has 0 saturated heterocycles. The van der Waals surface area contributed by atoms with Crippen LogP contribution in [0.1, 0.15) is 10.5 Å². The van der Waals surface area contributed by atoms with E-state index in [1.165, 1.54) is 19.2 Å². The zero-order valence-electron chi connectivity index (χ0n) is 7.86. The Labute approximate surface area is 90.6 Å². The molecule has 1 aromatic heterocycles. The van der Waals surface area contributed by atoms with Crippen LogP contribution in [0.4, 0.5) is 0 Å². The number of ether oxygens (including phenoxy) is 1. The van der Waals surface area contributed by atoms with Gasteiger partial charge in [-0.25, -0.2) is 0 Å². The first-order chi connectivity index (χ1) is 7.13. The Balaban J connectivity index is 2.54. The molecule has 0 aliphatic heterocycles. The van der Waals surface area contributed by atoms with Gasteiger partial charge in [-0.05, 0) is 12.1 Å². The largest absolute Gasteiger partial charge is 0.468 e. The van der Waals surface area contributed by atoms with Crippen molar-refractivity contribution in [3.05, 3.63) is 23.0 Å². The summed E-state index contributed by atoms with van der Waals surface area (Å²) in [6.07, 6.45) is 0. The maximum Gasteiger partial charge on any atom is 0.325 e. The Bertz CT molecular complexity index is 366. The SMILES string of the molecule is COC(=O)CNC(=O)c1ccc(Cl)nn1. The summed E-state index contributed by atoms with van der Waals surface area (Å²) in [4.78, 5) is 22.0. The lowest BCUT2D eigenvalue weighted by Gasteiger charge is -2.01. The van der Waals surface area contributed by atoms with Crippen molar-refractivity contribution in [2.24, 2.45) is 0 Å². The fourth-order valence-electron chi connectivity index (χ4n) is 0.752. The highest BCUT2D eigenvalue weighted by Crippen LogP contribution is 2.01. The van der Waals surface area contributed by atoms with Crippen molar-refractivity contribution in [3.8, 4) is 0 Å². The monoisotopic (exact) mass is 229 g/mol. The number of carbonyl (C=O) groups excluding carboxylic acids is 2. The van der Waals surface area contributed by atoms with Crippen molar-refractivity contribution in [2.45, 2.75) is 0 Å². The third kappa shape index (κ3) is 3.51. The summed E-state index contributed by atoms with van der Waals surface area (Å²) in [5.74, 6) is -1.05. The van der Waals surface area contributed by atoms with Crippen LogP contribution in [-0.2, 0) is 9.53 Å². The van der Waals surface area contributed by atoms with E-state index in [4.69, 9.17) is 11.6 Å². The van der Waals surface area contributed by atoms with Gasteiger partial charge in [-0.1, -0.05) is 11.6 Å². The predicted molar refractivity (Wildman–Crippen MR) is 51.4 cm³/mol. The van der Waals surface area contributed by atoms with Gasteiger partial charge >= 0.3 is 5.97 Å². The van der Waals surface area contributed by atoms with Gasteiger partial charge in [0.05, 0.1) is 7.11 Å². The van der Waals surface area contributed by atoms with Gasteiger partial charge in [0.25, 0.3) is 5.91 Å². The Morgan fingerprint density at radius 3 is 2.73 bits per heavy atom. The van der Waals surface area contributed by atoms with Gasteiger partial charge in [0, 0.05) is 0 Å². The second-order valence-electron chi connectivity index (χ2n) is 2.50. The highest BCUT2D eigenvalue weighted by Gasteiger charge is 2.09. The van der Waals surface area contributed by atoms with E-state index in [2.05, 4.69) is 20.3 Å². The number of hydrogen-bond donors (Lipinski definition) is 1. The number of amides is 1. The van der Waals surface area contributed by atoms with E-state index in [1.807, 2.05) is 0 Å². The topological polar surface area (TPSA) is 81.2 Å². The van der Waals surface area contributed by atoms with Crippen LogP contribution in [0.5, 0.6) is 0 Å². The maximum absolute atomic E-state index is 11.3. The number of carbonyl (C=O) groups is 2. The average Bonchev–Trinajstić information content (AvgIpc) is 2.26. The molecule has 6 nitrogen and oxygen atoms in total. The Kier molecular flexibility index (Phi) is 3.99. The normalized spacial score (nSPS) is 9.47. The van der Waals surface area contributed by atoms with Gasteiger partial charge in [-0.3, -0.25) is 9.59 Å². The first-order valence-electron chi connectivity index (χ1n) is 3.97. The van der Waals surface area contributed by atoms with Crippen LogP contribution in [0.15, 0.2) is 12.1 Å². The minimum absolute atomic E-state index is 0.0864. The molecule has 0 unspecified atom stereocenters. The molecule has 0 aromatic carbocycles. The smallest absolute Gasteiger partial charge is 0.325 e. The summed E-state index contributed by atoms with van der Waals surface area (Å²) in [5.41, 5.74) is 0.0864. The molecule has 0 saturated carbocycles. The second kappa shape index (κ2) is 5.26. The van der Waals surface area contributed by atoms with E-state index < -0.39 is 11.9 Å². The van der Waals surface area contributed by atoms with Crippen LogP contribution >= 0.6 is 11.6 Å². The number of rotatable bonds is 3. The number of nitrogens with one attached hydrogen (secondary N) is 1. The van der Waals surface area contributed by atoms with E-state index in [1.54, 1.807) is 0 Å². The van der Waals surface area contributed by atoms with Crippen LogP contribution in [-0.4, -0.2) is 35.7 Å². The molecule has 0 atom stereocenters. The molecule has 7 heteroatoms. The van der Waals surface area contributed by atoms with Gasteiger partial charge in [0.2, 0.25) is 0 Å². The maximum atomic E-state index is 11.3. The molecule has 80 valence electrons. The number of esters is 1. The fraction of sp³-hybridized carbons (Fsp3) is 0.250. The molecule has 1 heterocycles. The number of aromatic nitrogens is 2. The molecule has 0 spiro atoms. The van der Waals surface area contributed by atoms with Gasteiger partial charge in [0.15, 0.2) is 10.8 Å². The van der Waals surface area contributed by atoms with Crippen molar-refractivity contribution in [2.75, 3.05) is 13.7 Å². The molecule has 0 aliphatic carbocycles. The molecular weight excluding hydrogens is 222 g/mol. The lowest BCUT2D eigenvalue weighted by atomic mass is 10.3. The third-order valence-corrected chi connectivity index (χ3v) is 1.69. The zero-order chi connectivity index (χ0) is 11.3. The molecule has 1 amide bonds. The minimum Gasteiger partial charge on any atom is -0.468 e. The first kappa shape index (κ1) is 11.4. The van der Waals surface area contributed by atoms with Crippen LogP contribution in [0.2, 0.25) is 5.15 Å². The summed E-state index contributed by atoms with van der Waals surface area (Å²) >= 11 is 5.49. The first-order valence-corrected chi connectivity index (χ1v) is 4.35. The van der Waals surface area contributed by atoms with E-state index >= 15 is 0 Å². The third-order valence-electron chi connectivity index (χ3n) is 1.49. The van der Waals surface area contributed by atoms with Crippen molar-refractivity contribution in [1.29, 1.82) is 0 Å². The zero-order valence-corrected chi connectivity index (χ0v) is 8.61. The van der Waals surface area contributed by atoms with Gasteiger partial charge in [0.1, 0.15) is 6.54 Å². The molecular formula is C8H8ClN3O3. The van der Waals surface area contributed by atoms with E-state index in [-0.39, 0.29) is 17.4 Å². The molecule has 1 rings (SSSR count). The van der Waals surface area contributed by atoms with Crippen LogP contribution < -0.4 is 5.32 Å². The minimum atomic E-state index is -0.537. The average molecular weight is 230 g/mol. The lowest BCUT2D eigenvalue weighted by Crippen LogP contribution is -2.30. The van der Waals surface area contributed by atoms with Crippen molar-refractivity contribution >= 4 is 23.5 Å². The van der Waals surface area contributed by atoms with Crippen LogP contribution in [0.25, 0.3) is 0 Å². The predicted octanol–water partition coefficient (Wildman–Crippen LogP) is 0.0328. The van der Waals surface area contributed by atoms with Crippen LogP contribution in [0.3, 0.4) is 0 Å². The molecule has 1 N–H and O–H groups in total. The van der Waals surface area contributed by atoms with Gasteiger partial charge in [-0.2, -0.15) is 0 Å². The van der Waals surface area contributed by atoms with Gasteiger partial charge in [-0.15, -0.1) is 10.2 Å². The number of hydrogen-bond acceptors (Lipinski definition) is 5. The molecule has 0 radical (unpaired) electrons. The Morgan fingerprint density at radius 2 is 2.20 bits per heavy atom. The number of methoxy groups -OCH3 is 1. The summed E-state index contributed by atoms with van der Waals surface area (Å²) in [6, 6.07) is 2.84. The number of nitrogens with zero attached hydrogens (tertiary/aromatic N) is 2. The van der Waals surface area contributed by atoms with E-state index in [9.17, 15) is 9.59 Å². The van der Waals surface area contributed by atoms with Gasteiger partial charge < -0.3 is 10.1 Å². The highest BCUT2D eigenvalue weighted by atomic mass is 35.5. The highest BCUT2D eigenvalue weighted by molar-refractivity contribution is 6.29. The Morgan fingerprint density at radius 1 is 1.47 bits per heavy atom. The summed E-state index contributed by atoms with van der Waals surface area (Å²) in [7, 11) is 1.23. The molecule has 0 fully saturated rings. The number of halogens is 1. The van der Waals surface area contributed by atoms with E-state index in [0.717, 1.165) is 0 Å². The molecule has 15 heavy (non-hydrogen) atoms. The molecule has 0 bridgehead atoms. The van der Waals surface area contributed by atoms with Crippen LogP contribution in [0, 0.1) is 0 Å². The fourth-order valence-corrected chi connectivity index (χ4v) is 0.853. The summed E-state index contributed by atoms with van der Waals surface area (Å²) in [5, 5.41) is 9.53. The van der Waals surface area contributed by atoms with E-state index in [0.29, 0.717) is 0 Å². The van der Waals surface area contributed by atoms with Crippen molar-refractivity contribution in [3.63, 3.8) is 0 Å². The standard InChI is InChI=1S/C8H8ClN3O3/c1-15-7(13)4-10-8(14)5-2-3-6(9)12-11-5/h2-3H,4H2,1H3,(H,10,14). The lowest BCUT2D eigenvalue weighted by molar-refractivity contribution is -0.139. The summed E-state index contributed by atoms with van der Waals surface area (Å²) < 4.78 is 4.34. The Hall–Kier alpha value is -1.69. The molecule has 1 aromatic rings. The summed E-state index contributed by atoms with van der Waals surface area (Å²) in [6.45, 7) is -0.209. The second-order valence-corrected chi connectivity index (χ2v) is 2.89.